The van der Waals surface area contributed by atoms with Gasteiger partial charge in [-0.3, -0.25) is 0 Å². The maximum absolute atomic E-state index is 4.48. The number of hydrogen-bond donors (Lipinski definition) is 1. The normalized spacial score (nSPS) is 27.2. The lowest BCUT2D eigenvalue weighted by molar-refractivity contribution is 0.128. The van der Waals surface area contributed by atoms with E-state index in [2.05, 4.69) is 36.5 Å². The van der Waals surface area contributed by atoms with E-state index < -0.39 is 0 Å². The van der Waals surface area contributed by atoms with E-state index in [4.69, 9.17) is 0 Å². The highest BCUT2D eigenvalue weighted by molar-refractivity contribution is 7.80. The first-order valence-corrected chi connectivity index (χ1v) is 6.78. The predicted molar refractivity (Wildman–Crippen MR) is 68.7 cm³/mol. The predicted octanol–water partition coefficient (Wildman–Crippen LogP) is 1.72. The van der Waals surface area contributed by atoms with Crippen molar-refractivity contribution < 1.29 is 0 Å². The Morgan fingerprint density at radius 1 is 1.33 bits per heavy atom. The topological polar surface area (TPSA) is 6.48 Å². The monoisotopic (exact) mass is 228 g/mol. The third-order valence-corrected chi connectivity index (χ3v) is 4.86. The summed E-state index contributed by atoms with van der Waals surface area (Å²) in [4.78, 5) is 5.03. The summed E-state index contributed by atoms with van der Waals surface area (Å²) in [5.41, 5.74) is 0.585. The molecular weight excluding hydrogens is 204 g/mol. The molecule has 3 heteroatoms. The maximum atomic E-state index is 4.48. The van der Waals surface area contributed by atoms with Crippen LogP contribution < -0.4 is 0 Å². The van der Waals surface area contributed by atoms with Crippen molar-refractivity contribution in [3.8, 4) is 0 Å². The summed E-state index contributed by atoms with van der Waals surface area (Å²) in [6.45, 7) is 3.80. The van der Waals surface area contributed by atoms with Gasteiger partial charge in [0.25, 0.3) is 0 Å². The molecule has 2 fully saturated rings. The van der Waals surface area contributed by atoms with Gasteiger partial charge in [0.05, 0.1) is 0 Å². The van der Waals surface area contributed by atoms with Gasteiger partial charge < -0.3 is 9.80 Å². The van der Waals surface area contributed by atoms with E-state index in [0.717, 1.165) is 11.8 Å². The number of hydrogen-bond acceptors (Lipinski definition) is 3. The number of nitrogens with zero attached hydrogens (tertiary/aromatic N) is 2. The molecule has 15 heavy (non-hydrogen) atoms. The first-order chi connectivity index (χ1) is 7.15. The van der Waals surface area contributed by atoms with Crippen LogP contribution in [0.3, 0.4) is 0 Å². The zero-order valence-electron chi connectivity index (χ0n) is 10.1. The van der Waals surface area contributed by atoms with Crippen molar-refractivity contribution in [1.82, 2.24) is 9.80 Å². The number of piperidine rings is 1. The van der Waals surface area contributed by atoms with Crippen LogP contribution in [0.15, 0.2) is 0 Å². The van der Waals surface area contributed by atoms with Gasteiger partial charge in [-0.15, -0.1) is 0 Å². The van der Waals surface area contributed by atoms with Crippen LogP contribution >= 0.6 is 12.6 Å². The Morgan fingerprint density at radius 2 is 1.93 bits per heavy atom. The standard InChI is InChI=1S/C12H24N2S/c1-13-7-3-11(4-8-13)14(2)9-12(10-15)5-6-12/h11,15H,3-10H2,1-2H3. The minimum atomic E-state index is 0.585. The molecule has 2 nitrogen and oxygen atoms in total. The molecule has 0 aromatic heterocycles. The van der Waals surface area contributed by atoms with Crippen LogP contribution in [0.4, 0.5) is 0 Å². The largest absolute Gasteiger partial charge is 0.306 e. The molecule has 1 saturated carbocycles. The molecule has 0 unspecified atom stereocenters. The lowest BCUT2D eigenvalue weighted by atomic mass is 10.0. The summed E-state index contributed by atoms with van der Waals surface area (Å²) < 4.78 is 0. The van der Waals surface area contributed by atoms with Crippen LogP contribution in [0.2, 0.25) is 0 Å². The molecule has 0 bridgehead atoms. The highest BCUT2D eigenvalue weighted by Crippen LogP contribution is 2.47. The van der Waals surface area contributed by atoms with Gasteiger partial charge in [-0.2, -0.15) is 12.6 Å². The third kappa shape index (κ3) is 2.89. The molecular formula is C12H24N2S. The molecule has 0 radical (unpaired) electrons. The average Bonchev–Trinajstić information content (AvgIpc) is 2.99. The molecule has 1 saturated heterocycles. The summed E-state index contributed by atoms with van der Waals surface area (Å²) in [6.07, 6.45) is 5.48. The van der Waals surface area contributed by atoms with Gasteiger partial charge in [0, 0.05) is 12.6 Å². The minimum Gasteiger partial charge on any atom is -0.306 e. The van der Waals surface area contributed by atoms with E-state index >= 15 is 0 Å². The number of rotatable bonds is 4. The van der Waals surface area contributed by atoms with Crippen LogP contribution in [-0.2, 0) is 0 Å². The Labute approximate surface area is 99.4 Å². The van der Waals surface area contributed by atoms with Crippen molar-refractivity contribution in [2.75, 3.05) is 39.5 Å². The smallest absolute Gasteiger partial charge is 0.0117 e. The maximum Gasteiger partial charge on any atom is 0.0117 e. The lowest BCUT2D eigenvalue weighted by Crippen LogP contribution is -2.44. The van der Waals surface area contributed by atoms with E-state index in [1.807, 2.05) is 0 Å². The second-order valence-corrected chi connectivity index (χ2v) is 5.92. The summed E-state index contributed by atoms with van der Waals surface area (Å²) in [5, 5.41) is 0. The van der Waals surface area contributed by atoms with Gasteiger partial charge >= 0.3 is 0 Å². The van der Waals surface area contributed by atoms with Gasteiger partial charge in [0.2, 0.25) is 0 Å². The number of likely N-dealkylation sites (tertiary alicyclic amines) is 1. The molecule has 1 heterocycles. The van der Waals surface area contributed by atoms with E-state index in [-0.39, 0.29) is 0 Å². The molecule has 0 N–H and O–H groups in total. The van der Waals surface area contributed by atoms with Crippen molar-refractivity contribution in [2.24, 2.45) is 5.41 Å². The second-order valence-electron chi connectivity index (χ2n) is 5.61. The number of thiol groups is 1. The molecule has 0 atom stereocenters. The Bertz CT molecular complexity index is 208. The zero-order chi connectivity index (χ0) is 10.9. The Morgan fingerprint density at radius 3 is 2.40 bits per heavy atom. The minimum absolute atomic E-state index is 0.585. The summed E-state index contributed by atoms with van der Waals surface area (Å²) in [5.74, 6) is 1.07. The van der Waals surface area contributed by atoms with Crippen molar-refractivity contribution in [2.45, 2.75) is 31.7 Å². The van der Waals surface area contributed by atoms with Crippen LogP contribution in [0.5, 0.6) is 0 Å². The first-order valence-electron chi connectivity index (χ1n) is 6.15. The van der Waals surface area contributed by atoms with Gasteiger partial charge in [0.1, 0.15) is 0 Å². The van der Waals surface area contributed by atoms with Gasteiger partial charge in [-0.25, -0.2) is 0 Å². The van der Waals surface area contributed by atoms with Gasteiger partial charge in [-0.1, -0.05) is 0 Å². The van der Waals surface area contributed by atoms with Crippen molar-refractivity contribution in [3.05, 3.63) is 0 Å². The summed E-state index contributed by atoms with van der Waals surface area (Å²) in [6, 6.07) is 0.818. The van der Waals surface area contributed by atoms with E-state index in [0.29, 0.717) is 5.41 Å². The molecule has 1 aliphatic heterocycles. The summed E-state index contributed by atoms with van der Waals surface area (Å²) >= 11 is 4.48. The van der Waals surface area contributed by atoms with Crippen molar-refractivity contribution in [3.63, 3.8) is 0 Å². The fraction of sp³-hybridized carbons (Fsp3) is 1.00. The second kappa shape index (κ2) is 4.64. The Kier molecular flexibility index (Phi) is 3.63. The van der Waals surface area contributed by atoms with Gasteiger partial charge in [-0.05, 0) is 64.0 Å². The van der Waals surface area contributed by atoms with Crippen molar-refractivity contribution >= 4 is 12.6 Å². The molecule has 0 aromatic carbocycles. The average molecular weight is 228 g/mol. The van der Waals surface area contributed by atoms with E-state index in [1.54, 1.807) is 0 Å². The SMILES string of the molecule is CN1CCC(N(C)CC2(CS)CC2)CC1. The molecule has 0 spiro atoms. The lowest BCUT2D eigenvalue weighted by Gasteiger charge is -2.36. The van der Waals surface area contributed by atoms with Crippen LogP contribution in [-0.4, -0.2) is 55.3 Å². The fourth-order valence-electron chi connectivity index (χ4n) is 2.64. The van der Waals surface area contributed by atoms with E-state index in [9.17, 15) is 0 Å². The third-order valence-electron chi connectivity index (χ3n) is 4.19. The molecule has 1 aliphatic carbocycles. The van der Waals surface area contributed by atoms with Crippen LogP contribution in [0.1, 0.15) is 25.7 Å². The molecule has 0 aromatic rings. The quantitative estimate of drug-likeness (QED) is 0.732. The molecule has 88 valence electrons. The Balaban J connectivity index is 1.78. The zero-order valence-corrected chi connectivity index (χ0v) is 11.0. The highest BCUT2D eigenvalue weighted by atomic mass is 32.1. The van der Waals surface area contributed by atoms with Crippen LogP contribution in [0.25, 0.3) is 0 Å². The van der Waals surface area contributed by atoms with Crippen LogP contribution in [0, 0.1) is 5.41 Å². The highest BCUT2D eigenvalue weighted by Gasteiger charge is 2.42. The molecule has 2 aliphatic rings. The Hall–Kier alpha value is 0.270. The first kappa shape index (κ1) is 11.7. The van der Waals surface area contributed by atoms with E-state index in [1.165, 1.54) is 45.3 Å². The molecule has 0 amide bonds. The fourth-order valence-corrected chi connectivity index (χ4v) is 3.05. The van der Waals surface area contributed by atoms with Crippen molar-refractivity contribution in [1.29, 1.82) is 0 Å². The van der Waals surface area contributed by atoms with Gasteiger partial charge in [0.15, 0.2) is 0 Å². The molecule has 2 rings (SSSR count). The summed E-state index contributed by atoms with van der Waals surface area (Å²) in [7, 11) is 4.53.